The van der Waals surface area contributed by atoms with Crippen molar-refractivity contribution in [3.8, 4) is 5.75 Å². The average Bonchev–Trinajstić information content (AvgIpc) is 2.87. The molecule has 1 aromatic carbocycles. The van der Waals surface area contributed by atoms with Crippen molar-refractivity contribution >= 4 is 5.82 Å². The highest BCUT2D eigenvalue weighted by Gasteiger charge is 2.16. The van der Waals surface area contributed by atoms with Gasteiger partial charge in [-0.05, 0) is 22.6 Å². The second-order valence-electron chi connectivity index (χ2n) is 4.06. The van der Waals surface area contributed by atoms with Crippen LogP contribution < -0.4 is 4.74 Å². The minimum atomic E-state index is -1.03. The van der Waals surface area contributed by atoms with Crippen LogP contribution in [0.5, 0.6) is 5.75 Å². The number of ether oxygens (including phenoxy) is 1. The first-order chi connectivity index (χ1) is 9.51. The quantitative estimate of drug-likeness (QED) is 0.665. The normalized spacial score (nSPS) is 12.2. The van der Waals surface area contributed by atoms with Crippen molar-refractivity contribution in [2.75, 3.05) is 7.11 Å². The molecule has 106 valence electrons. The number of aliphatic hydroxyl groups is 1. The van der Waals surface area contributed by atoms with Crippen LogP contribution >= 0.6 is 0 Å². The first-order valence-electron chi connectivity index (χ1n) is 5.70. The van der Waals surface area contributed by atoms with E-state index in [0.717, 1.165) is 6.07 Å². The molecule has 1 N–H and O–H groups in total. The summed E-state index contributed by atoms with van der Waals surface area (Å²) in [6.45, 7) is -0.0143. The SMILES string of the molecule is COc1ccc(C(O)Cn2ccc([N+](=O)[O-])n2)cc1F. The van der Waals surface area contributed by atoms with Gasteiger partial charge in [-0.1, -0.05) is 6.07 Å². The number of aromatic nitrogens is 2. The van der Waals surface area contributed by atoms with E-state index in [1.165, 1.54) is 36.2 Å². The lowest BCUT2D eigenvalue weighted by atomic mass is 10.1. The van der Waals surface area contributed by atoms with Gasteiger partial charge in [-0.2, -0.15) is 4.68 Å². The first kappa shape index (κ1) is 13.9. The number of benzene rings is 1. The summed E-state index contributed by atoms with van der Waals surface area (Å²) in [6, 6.07) is 5.30. The van der Waals surface area contributed by atoms with Gasteiger partial charge in [-0.3, -0.25) is 0 Å². The summed E-state index contributed by atoms with van der Waals surface area (Å²) in [7, 11) is 1.34. The van der Waals surface area contributed by atoms with Crippen LogP contribution in [-0.4, -0.2) is 26.9 Å². The van der Waals surface area contributed by atoms with Gasteiger partial charge in [0.1, 0.15) is 6.10 Å². The molecule has 1 atom stereocenters. The van der Waals surface area contributed by atoms with Gasteiger partial charge >= 0.3 is 5.82 Å². The van der Waals surface area contributed by atoms with Gasteiger partial charge in [0.15, 0.2) is 11.6 Å². The fourth-order valence-corrected chi connectivity index (χ4v) is 1.72. The maximum Gasteiger partial charge on any atom is 0.389 e. The molecule has 0 amide bonds. The van der Waals surface area contributed by atoms with Gasteiger partial charge in [-0.15, -0.1) is 0 Å². The number of hydrogen-bond acceptors (Lipinski definition) is 5. The minimum Gasteiger partial charge on any atom is -0.494 e. The van der Waals surface area contributed by atoms with Crippen LogP contribution in [0.2, 0.25) is 0 Å². The van der Waals surface area contributed by atoms with Crippen LogP contribution in [-0.2, 0) is 6.54 Å². The summed E-state index contributed by atoms with van der Waals surface area (Å²) in [6.07, 6.45) is 0.344. The molecule has 0 aliphatic rings. The fraction of sp³-hybridized carbons (Fsp3) is 0.250. The number of nitro groups is 1. The number of halogens is 1. The molecule has 1 aromatic heterocycles. The molecule has 0 bridgehead atoms. The van der Waals surface area contributed by atoms with Crippen molar-refractivity contribution in [3.63, 3.8) is 0 Å². The fourth-order valence-electron chi connectivity index (χ4n) is 1.72. The molecule has 0 radical (unpaired) electrons. The topological polar surface area (TPSA) is 90.4 Å². The van der Waals surface area contributed by atoms with Gasteiger partial charge in [0.05, 0.1) is 31.0 Å². The number of hydrogen-bond donors (Lipinski definition) is 1. The third-order valence-corrected chi connectivity index (χ3v) is 2.73. The zero-order valence-corrected chi connectivity index (χ0v) is 10.6. The Morgan fingerprint density at radius 1 is 1.55 bits per heavy atom. The van der Waals surface area contributed by atoms with E-state index >= 15 is 0 Å². The molecule has 0 saturated carbocycles. The second-order valence-corrected chi connectivity index (χ2v) is 4.06. The highest BCUT2D eigenvalue weighted by Crippen LogP contribution is 2.23. The van der Waals surface area contributed by atoms with E-state index in [2.05, 4.69) is 5.10 Å². The van der Waals surface area contributed by atoms with Crippen molar-refractivity contribution in [1.82, 2.24) is 9.78 Å². The lowest BCUT2D eigenvalue weighted by Crippen LogP contribution is -2.10. The highest BCUT2D eigenvalue weighted by molar-refractivity contribution is 5.30. The molecule has 0 aliphatic heterocycles. The molecule has 8 heteroatoms. The lowest BCUT2D eigenvalue weighted by molar-refractivity contribution is -0.389. The van der Waals surface area contributed by atoms with Gasteiger partial charge < -0.3 is 20.0 Å². The standard InChI is InChI=1S/C12H12FN3O4/c1-20-11-3-2-8(6-9(11)13)10(17)7-15-5-4-12(14-15)16(18)19/h2-6,10,17H,7H2,1H3. The maximum absolute atomic E-state index is 13.5. The predicted octanol–water partition coefficient (Wildman–Crippen LogP) is 1.67. The number of aliphatic hydroxyl groups excluding tert-OH is 1. The Morgan fingerprint density at radius 3 is 2.85 bits per heavy atom. The summed E-state index contributed by atoms with van der Waals surface area (Å²) in [5.41, 5.74) is 0.335. The zero-order valence-electron chi connectivity index (χ0n) is 10.6. The van der Waals surface area contributed by atoms with Crippen molar-refractivity contribution in [3.05, 3.63) is 52.0 Å². The molecule has 20 heavy (non-hydrogen) atoms. The number of rotatable bonds is 5. The van der Waals surface area contributed by atoms with Crippen LogP contribution in [0.4, 0.5) is 10.2 Å². The molecule has 0 saturated heterocycles. The Balaban J connectivity index is 2.12. The monoisotopic (exact) mass is 281 g/mol. The van der Waals surface area contributed by atoms with Crippen molar-refractivity contribution in [2.45, 2.75) is 12.6 Å². The Morgan fingerprint density at radius 2 is 2.30 bits per heavy atom. The lowest BCUT2D eigenvalue weighted by Gasteiger charge is -2.10. The molecule has 1 unspecified atom stereocenters. The van der Waals surface area contributed by atoms with E-state index < -0.39 is 16.8 Å². The third-order valence-electron chi connectivity index (χ3n) is 2.73. The molecule has 2 rings (SSSR count). The van der Waals surface area contributed by atoms with E-state index in [-0.39, 0.29) is 18.1 Å². The predicted molar refractivity (Wildman–Crippen MR) is 66.8 cm³/mol. The van der Waals surface area contributed by atoms with Gasteiger partial charge in [0.25, 0.3) is 0 Å². The molecular formula is C12H12FN3O4. The Kier molecular flexibility index (Phi) is 3.94. The van der Waals surface area contributed by atoms with Crippen molar-refractivity contribution in [1.29, 1.82) is 0 Å². The Bertz CT molecular complexity index is 629. The summed E-state index contributed by atoms with van der Waals surface area (Å²) in [4.78, 5) is 9.86. The van der Waals surface area contributed by atoms with Crippen LogP contribution in [0.1, 0.15) is 11.7 Å². The molecule has 0 spiro atoms. The molecule has 2 aromatic rings. The van der Waals surface area contributed by atoms with Crippen LogP contribution in [0, 0.1) is 15.9 Å². The minimum absolute atomic E-state index is 0.0143. The Labute approximate surface area is 113 Å². The molecule has 0 fully saturated rings. The van der Waals surface area contributed by atoms with Crippen molar-refractivity contribution in [2.24, 2.45) is 0 Å². The smallest absolute Gasteiger partial charge is 0.389 e. The number of nitrogens with zero attached hydrogens (tertiary/aromatic N) is 3. The molecule has 7 nitrogen and oxygen atoms in total. The molecule has 1 heterocycles. The van der Waals surface area contributed by atoms with E-state index in [1.54, 1.807) is 0 Å². The van der Waals surface area contributed by atoms with Crippen LogP contribution in [0.15, 0.2) is 30.5 Å². The van der Waals surface area contributed by atoms with Crippen LogP contribution in [0.3, 0.4) is 0 Å². The number of methoxy groups -OCH3 is 1. The van der Waals surface area contributed by atoms with Gasteiger partial charge in [0.2, 0.25) is 0 Å². The van der Waals surface area contributed by atoms with Crippen molar-refractivity contribution < 1.29 is 19.2 Å². The van der Waals surface area contributed by atoms with E-state index in [1.807, 2.05) is 0 Å². The summed E-state index contributed by atoms with van der Waals surface area (Å²) >= 11 is 0. The van der Waals surface area contributed by atoms with Gasteiger partial charge in [0, 0.05) is 0 Å². The largest absolute Gasteiger partial charge is 0.494 e. The summed E-state index contributed by atoms with van der Waals surface area (Å²) in [5, 5.41) is 24.1. The first-order valence-corrected chi connectivity index (χ1v) is 5.70. The van der Waals surface area contributed by atoms with Crippen LogP contribution in [0.25, 0.3) is 0 Å². The van der Waals surface area contributed by atoms with E-state index in [9.17, 15) is 19.6 Å². The third kappa shape index (κ3) is 2.91. The molecule has 0 aliphatic carbocycles. The van der Waals surface area contributed by atoms with E-state index in [0.29, 0.717) is 5.56 Å². The maximum atomic E-state index is 13.5. The van der Waals surface area contributed by atoms with Gasteiger partial charge in [-0.25, -0.2) is 4.39 Å². The summed E-state index contributed by atoms with van der Waals surface area (Å²) < 4.78 is 19.5. The Hall–Kier alpha value is -2.48. The zero-order chi connectivity index (χ0) is 14.7. The van der Waals surface area contributed by atoms with E-state index in [4.69, 9.17) is 4.74 Å². The molecular weight excluding hydrogens is 269 g/mol. The average molecular weight is 281 g/mol. The second kappa shape index (κ2) is 5.66. The summed E-state index contributed by atoms with van der Waals surface area (Å²) in [5.74, 6) is -0.815. The highest BCUT2D eigenvalue weighted by atomic mass is 19.1.